The predicted octanol–water partition coefficient (Wildman–Crippen LogP) is 4.64. The van der Waals surface area contributed by atoms with E-state index >= 15 is 0 Å². The lowest BCUT2D eigenvalue weighted by Gasteiger charge is -2.07. The first-order chi connectivity index (χ1) is 14.6. The molecule has 1 aromatic heterocycles. The van der Waals surface area contributed by atoms with Crippen LogP contribution < -0.4 is 10.1 Å². The Kier molecular flexibility index (Phi) is 5.90. The van der Waals surface area contributed by atoms with Crippen molar-refractivity contribution in [1.29, 1.82) is 0 Å². The summed E-state index contributed by atoms with van der Waals surface area (Å²) in [6, 6.07) is 24.9. The Labute approximate surface area is 182 Å². The van der Waals surface area contributed by atoms with E-state index in [0.717, 1.165) is 27.0 Å². The second-order valence-electron chi connectivity index (χ2n) is 6.54. The second kappa shape index (κ2) is 8.92. The molecule has 3 aromatic carbocycles. The number of carbonyl (C=O) groups is 1. The first kappa shape index (κ1) is 19.8. The number of halogens is 1. The van der Waals surface area contributed by atoms with Crippen LogP contribution in [0.4, 0.5) is 0 Å². The van der Waals surface area contributed by atoms with E-state index in [1.165, 1.54) is 0 Å². The molecule has 4 rings (SSSR count). The topological polar surface area (TPSA) is 69.0 Å². The molecule has 0 spiro atoms. The summed E-state index contributed by atoms with van der Waals surface area (Å²) in [4.78, 5) is 17.3. The minimum absolute atomic E-state index is 0.111. The molecule has 0 aliphatic rings. The number of hydrogen-bond donors (Lipinski definition) is 1. The Hall–Kier alpha value is -3.45. The van der Waals surface area contributed by atoms with Crippen molar-refractivity contribution in [2.75, 3.05) is 7.11 Å². The zero-order valence-electron chi connectivity index (χ0n) is 16.2. The Bertz CT molecular complexity index is 1140. The van der Waals surface area contributed by atoms with E-state index in [4.69, 9.17) is 4.74 Å². The van der Waals surface area contributed by atoms with Gasteiger partial charge in [0, 0.05) is 16.6 Å². The van der Waals surface area contributed by atoms with E-state index in [9.17, 15) is 4.79 Å². The van der Waals surface area contributed by atoms with Gasteiger partial charge in [0.2, 0.25) is 5.82 Å². The number of nitrogens with zero attached hydrogens (tertiary/aromatic N) is 3. The Balaban J connectivity index is 1.67. The molecule has 7 heteroatoms. The lowest BCUT2D eigenvalue weighted by atomic mass is 10.2. The molecule has 0 bridgehead atoms. The van der Waals surface area contributed by atoms with Gasteiger partial charge in [0.1, 0.15) is 5.75 Å². The van der Waals surface area contributed by atoms with Crippen LogP contribution in [0.1, 0.15) is 16.2 Å². The van der Waals surface area contributed by atoms with Crippen LogP contribution in [0.25, 0.3) is 17.1 Å². The number of nitrogens with one attached hydrogen (secondary N) is 1. The maximum Gasteiger partial charge on any atom is 0.291 e. The van der Waals surface area contributed by atoms with Gasteiger partial charge in [-0.1, -0.05) is 58.4 Å². The quantitative estimate of drug-likeness (QED) is 0.453. The Morgan fingerprint density at radius 2 is 1.70 bits per heavy atom. The third-order valence-electron chi connectivity index (χ3n) is 4.53. The first-order valence-corrected chi connectivity index (χ1v) is 10.1. The van der Waals surface area contributed by atoms with E-state index in [0.29, 0.717) is 12.4 Å². The molecular weight excluding hydrogens is 444 g/mol. The van der Waals surface area contributed by atoms with Crippen LogP contribution in [0.3, 0.4) is 0 Å². The fraction of sp³-hybridized carbons (Fsp3) is 0.0870. The average molecular weight is 463 g/mol. The first-order valence-electron chi connectivity index (χ1n) is 9.33. The molecule has 1 N–H and O–H groups in total. The fourth-order valence-corrected chi connectivity index (χ4v) is 3.22. The third kappa shape index (κ3) is 4.41. The molecule has 0 radical (unpaired) electrons. The van der Waals surface area contributed by atoms with Gasteiger partial charge in [0.05, 0.1) is 12.8 Å². The highest BCUT2D eigenvalue weighted by atomic mass is 79.9. The molecule has 150 valence electrons. The third-order valence-corrected chi connectivity index (χ3v) is 5.05. The van der Waals surface area contributed by atoms with Crippen LogP contribution in [0, 0.1) is 0 Å². The van der Waals surface area contributed by atoms with Gasteiger partial charge in [-0.15, -0.1) is 5.10 Å². The number of benzene rings is 3. The number of hydrogen-bond acceptors (Lipinski definition) is 4. The van der Waals surface area contributed by atoms with Crippen molar-refractivity contribution in [3.05, 3.63) is 94.7 Å². The Morgan fingerprint density at radius 3 is 2.37 bits per heavy atom. The molecule has 30 heavy (non-hydrogen) atoms. The van der Waals surface area contributed by atoms with E-state index in [-0.39, 0.29) is 11.7 Å². The van der Waals surface area contributed by atoms with Crippen molar-refractivity contribution in [3.63, 3.8) is 0 Å². The van der Waals surface area contributed by atoms with Gasteiger partial charge in [0.25, 0.3) is 5.91 Å². The standard InChI is InChI=1S/C23H19BrN4O2/c1-30-20-13-11-19(12-14-20)28-22(17-7-9-18(24)10-8-17)26-21(27-28)23(29)25-15-16-5-3-2-4-6-16/h2-14H,15H2,1H3,(H,25,29). The molecule has 0 aliphatic heterocycles. The molecule has 0 aliphatic carbocycles. The van der Waals surface area contributed by atoms with Crippen LogP contribution >= 0.6 is 15.9 Å². The summed E-state index contributed by atoms with van der Waals surface area (Å²) in [5.41, 5.74) is 2.64. The van der Waals surface area contributed by atoms with Gasteiger partial charge in [0.15, 0.2) is 5.82 Å². The zero-order chi connectivity index (χ0) is 20.9. The monoisotopic (exact) mass is 462 g/mol. The highest BCUT2D eigenvalue weighted by Gasteiger charge is 2.18. The molecule has 0 fully saturated rings. The molecular formula is C23H19BrN4O2. The van der Waals surface area contributed by atoms with Crippen LogP contribution in [0.15, 0.2) is 83.3 Å². The van der Waals surface area contributed by atoms with Crippen LogP contribution in [0.5, 0.6) is 5.75 Å². The Morgan fingerprint density at radius 1 is 1.00 bits per heavy atom. The highest BCUT2D eigenvalue weighted by Crippen LogP contribution is 2.24. The summed E-state index contributed by atoms with van der Waals surface area (Å²) < 4.78 is 7.86. The predicted molar refractivity (Wildman–Crippen MR) is 119 cm³/mol. The van der Waals surface area contributed by atoms with Crippen molar-refractivity contribution < 1.29 is 9.53 Å². The van der Waals surface area contributed by atoms with Gasteiger partial charge in [-0.05, 0) is 42.0 Å². The summed E-state index contributed by atoms with van der Waals surface area (Å²) in [7, 11) is 1.62. The smallest absolute Gasteiger partial charge is 0.291 e. The van der Waals surface area contributed by atoms with Crippen LogP contribution in [-0.2, 0) is 6.54 Å². The number of aromatic nitrogens is 3. The maximum absolute atomic E-state index is 12.7. The van der Waals surface area contributed by atoms with Gasteiger partial charge in [-0.3, -0.25) is 4.79 Å². The van der Waals surface area contributed by atoms with E-state index < -0.39 is 0 Å². The van der Waals surface area contributed by atoms with Crippen molar-refractivity contribution in [1.82, 2.24) is 20.1 Å². The molecule has 1 heterocycles. The van der Waals surface area contributed by atoms with E-state index in [2.05, 4.69) is 31.3 Å². The summed E-state index contributed by atoms with van der Waals surface area (Å²) in [5.74, 6) is 1.10. The van der Waals surface area contributed by atoms with Gasteiger partial charge >= 0.3 is 0 Å². The minimum atomic E-state index is -0.329. The van der Waals surface area contributed by atoms with Gasteiger partial charge < -0.3 is 10.1 Å². The molecule has 4 aromatic rings. The van der Waals surface area contributed by atoms with Crippen molar-refractivity contribution >= 4 is 21.8 Å². The summed E-state index contributed by atoms with van der Waals surface area (Å²) in [5, 5.41) is 7.37. The number of rotatable bonds is 6. The zero-order valence-corrected chi connectivity index (χ0v) is 17.8. The second-order valence-corrected chi connectivity index (χ2v) is 7.46. The van der Waals surface area contributed by atoms with E-state index in [1.54, 1.807) is 11.8 Å². The minimum Gasteiger partial charge on any atom is -0.497 e. The van der Waals surface area contributed by atoms with E-state index in [1.807, 2.05) is 78.9 Å². The largest absolute Gasteiger partial charge is 0.497 e. The van der Waals surface area contributed by atoms with Crippen molar-refractivity contribution in [2.24, 2.45) is 0 Å². The molecule has 6 nitrogen and oxygen atoms in total. The number of methoxy groups -OCH3 is 1. The van der Waals surface area contributed by atoms with Crippen LogP contribution in [0.2, 0.25) is 0 Å². The SMILES string of the molecule is COc1ccc(-n2nc(C(=O)NCc3ccccc3)nc2-c2ccc(Br)cc2)cc1. The lowest BCUT2D eigenvalue weighted by molar-refractivity contribution is 0.0940. The van der Waals surface area contributed by atoms with Gasteiger partial charge in [-0.2, -0.15) is 0 Å². The molecule has 0 saturated heterocycles. The fourth-order valence-electron chi connectivity index (χ4n) is 2.95. The highest BCUT2D eigenvalue weighted by molar-refractivity contribution is 9.10. The molecule has 0 unspecified atom stereocenters. The van der Waals surface area contributed by atoms with Gasteiger partial charge in [-0.25, -0.2) is 9.67 Å². The number of carbonyl (C=O) groups excluding carboxylic acids is 1. The lowest BCUT2D eigenvalue weighted by Crippen LogP contribution is -2.24. The van der Waals surface area contributed by atoms with Crippen LogP contribution in [-0.4, -0.2) is 27.8 Å². The number of amides is 1. The molecule has 0 saturated carbocycles. The molecule has 0 atom stereocenters. The summed E-state index contributed by atoms with van der Waals surface area (Å²) in [6.45, 7) is 0.407. The average Bonchev–Trinajstić information content (AvgIpc) is 3.24. The summed E-state index contributed by atoms with van der Waals surface area (Å²) in [6.07, 6.45) is 0. The molecule has 1 amide bonds. The maximum atomic E-state index is 12.7. The van der Waals surface area contributed by atoms with Crippen molar-refractivity contribution in [2.45, 2.75) is 6.54 Å². The van der Waals surface area contributed by atoms with Crippen molar-refractivity contribution in [3.8, 4) is 22.8 Å². The summed E-state index contributed by atoms with van der Waals surface area (Å²) >= 11 is 3.45. The number of ether oxygens (including phenoxy) is 1. The normalized spacial score (nSPS) is 10.6.